The zero-order chi connectivity index (χ0) is 18.4. The van der Waals surface area contributed by atoms with Crippen molar-refractivity contribution in [1.82, 2.24) is 5.32 Å². The summed E-state index contributed by atoms with van der Waals surface area (Å²) in [5.74, 6) is 0.719. The molecule has 0 heterocycles. The van der Waals surface area contributed by atoms with E-state index in [0.717, 1.165) is 18.9 Å². The summed E-state index contributed by atoms with van der Waals surface area (Å²) in [6.45, 7) is 14.6. The molecule has 1 N–H and O–H groups in total. The summed E-state index contributed by atoms with van der Waals surface area (Å²) in [6.07, 6.45) is 3.69. The maximum Gasteiger partial charge on any atom is 0.0667 e. The molecule has 136 valence electrons. The third-order valence-electron chi connectivity index (χ3n) is 5.36. The van der Waals surface area contributed by atoms with E-state index in [0.29, 0.717) is 0 Å². The lowest BCUT2D eigenvalue weighted by Gasteiger charge is -2.35. The van der Waals surface area contributed by atoms with Crippen LogP contribution in [-0.4, -0.2) is 6.54 Å². The normalized spacial score (nSPS) is 15.0. The molecule has 2 aromatic carbocycles. The first-order valence-electron chi connectivity index (χ1n) is 9.83. The Morgan fingerprint density at radius 1 is 1.00 bits per heavy atom. The third-order valence-corrected chi connectivity index (χ3v) is 5.36. The monoisotopic (exact) mass is 337 g/mol. The van der Waals surface area contributed by atoms with Gasteiger partial charge >= 0.3 is 0 Å². The Kier molecular flexibility index (Phi) is 6.84. The van der Waals surface area contributed by atoms with E-state index in [1.165, 1.54) is 40.7 Å². The van der Waals surface area contributed by atoms with Gasteiger partial charge in [-0.3, -0.25) is 0 Å². The first kappa shape index (κ1) is 19.7. The fraction of sp³-hybridized carbons (Fsp3) is 0.500. The van der Waals surface area contributed by atoms with Crippen molar-refractivity contribution >= 4 is 0 Å². The van der Waals surface area contributed by atoms with Crippen molar-refractivity contribution in [2.45, 2.75) is 66.3 Å². The zero-order valence-corrected chi connectivity index (χ0v) is 16.9. The van der Waals surface area contributed by atoms with E-state index in [1.54, 1.807) is 0 Å². The Balaban J connectivity index is 2.53. The van der Waals surface area contributed by atoms with Gasteiger partial charge in [-0.15, -0.1) is 0 Å². The number of benzene rings is 2. The van der Waals surface area contributed by atoms with Crippen LogP contribution < -0.4 is 5.32 Å². The summed E-state index contributed by atoms with van der Waals surface area (Å²) in [5, 5.41) is 3.80. The Labute approximate surface area is 154 Å². The maximum absolute atomic E-state index is 3.80. The lowest BCUT2D eigenvalue weighted by atomic mass is 9.78. The second-order valence-corrected chi connectivity index (χ2v) is 7.73. The average Bonchev–Trinajstić information content (AvgIpc) is 2.55. The Bertz CT molecular complexity index is 688. The first-order valence-corrected chi connectivity index (χ1v) is 9.83. The van der Waals surface area contributed by atoms with Gasteiger partial charge in [-0.25, -0.2) is 0 Å². The van der Waals surface area contributed by atoms with E-state index in [4.69, 9.17) is 0 Å². The van der Waals surface area contributed by atoms with Crippen molar-refractivity contribution in [3.63, 3.8) is 0 Å². The van der Waals surface area contributed by atoms with Crippen molar-refractivity contribution in [1.29, 1.82) is 0 Å². The molecule has 0 saturated carbocycles. The fourth-order valence-corrected chi connectivity index (χ4v) is 4.22. The molecule has 0 unspecified atom stereocenters. The van der Waals surface area contributed by atoms with Crippen LogP contribution in [0.2, 0.25) is 0 Å². The number of hydrogen-bond donors (Lipinski definition) is 1. The van der Waals surface area contributed by atoms with Gasteiger partial charge in [0.2, 0.25) is 0 Å². The standard InChI is InChI=1S/C24H35N/c1-7-11-18(3)17-21-12-9-10-13-23(21)24(6,25-8-2)22-15-14-19(4)16-20(22)5/h9-10,12-16,18,25H,7-8,11,17H2,1-6H3/t18-,24-/m1/s1. The van der Waals surface area contributed by atoms with E-state index in [1.807, 2.05) is 0 Å². The van der Waals surface area contributed by atoms with E-state index in [9.17, 15) is 0 Å². The molecule has 2 atom stereocenters. The molecule has 2 aromatic rings. The van der Waals surface area contributed by atoms with Crippen LogP contribution in [-0.2, 0) is 12.0 Å². The van der Waals surface area contributed by atoms with Crippen LogP contribution in [0.4, 0.5) is 0 Å². The highest BCUT2D eigenvalue weighted by molar-refractivity contribution is 5.46. The van der Waals surface area contributed by atoms with Crippen LogP contribution in [0, 0.1) is 19.8 Å². The van der Waals surface area contributed by atoms with Crippen LogP contribution in [0.5, 0.6) is 0 Å². The van der Waals surface area contributed by atoms with Crippen molar-refractivity contribution in [3.05, 3.63) is 70.3 Å². The van der Waals surface area contributed by atoms with Crippen LogP contribution in [0.15, 0.2) is 42.5 Å². The molecule has 0 fully saturated rings. The van der Waals surface area contributed by atoms with E-state index < -0.39 is 0 Å². The highest BCUT2D eigenvalue weighted by atomic mass is 15.0. The lowest BCUT2D eigenvalue weighted by molar-refractivity contribution is 0.439. The highest BCUT2D eigenvalue weighted by Crippen LogP contribution is 2.35. The highest BCUT2D eigenvalue weighted by Gasteiger charge is 2.31. The topological polar surface area (TPSA) is 12.0 Å². The van der Waals surface area contributed by atoms with Crippen molar-refractivity contribution in [2.24, 2.45) is 5.92 Å². The van der Waals surface area contributed by atoms with Crippen molar-refractivity contribution in [2.75, 3.05) is 6.54 Å². The van der Waals surface area contributed by atoms with Gasteiger partial charge in [0.1, 0.15) is 0 Å². The van der Waals surface area contributed by atoms with E-state index in [2.05, 4.69) is 89.3 Å². The smallest absolute Gasteiger partial charge is 0.0667 e. The molecular weight excluding hydrogens is 302 g/mol. The van der Waals surface area contributed by atoms with Crippen LogP contribution in [0.25, 0.3) is 0 Å². The van der Waals surface area contributed by atoms with Gasteiger partial charge in [0.25, 0.3) is 0 Å². The molecule has 1 nitrogen and oxygen atoms in total. The van der Waals surface area contributed by atoms with Crippen LogP contribution >= 0.6 is 0 Å². The number of nitrogens with one attached hydrogen (secondary N) is 1. The molecule has 25 heavy (non-hydrogen) atoms. The summed E-state index contributed by atoms with van der Waals surface area (Å²) >= 11 is 0. The minimum Gasteiger partial charge on any atom is -0.304 e. The summed E-state index contributed by atoms with van der Waals surface area (Å²) in [4.78, 5) is 0. The molecule has 1 heteroatoms. The molecule has 0 aliphatic rings. The summed E-state index contributed by atoms with van der Waals surface area (Å²) in [5.41, 5.74) is 6.81. The number of hydrogen-bond acceptors (Lipinski definition) is 1. The minimum absolute atomic E-state index is 0.158. The molecule has 0 radical (unpaired) electrons. The summed E-state index contributed by atoms with van der Waals surface area (Å²) < 4.78 is 0. The van der Waals surface area contributed by atoms with Gasteiger partial charge in [-0.05, 0) is 61.9 Å². The summed E-state index contributed by atoms with van der Waals surface area (Å²) in [6, 6.07) is 15.8. The maximum atomic E-state index is 3.80. The number of rotatable bonds is 8. The van der Waals surface area contributed by atoms with E-state index in [-0.39, 0.29) is 5.54 Å². The quantitative estimate of drug-likeness (QED) is 0.608. The molecule has 0 bridgehead atoms. The Morgan fingerprint density at radius 3 is 2.36 bits per heavy atom. The molecule has 0 aromatic heterocycles. The van der Waals surface area contributed by atoms with Gasteiger partial charge in [-0.1, -0.05) is 81.6 Å². The Morgan fingerprint density at radius 2 is 1.72 bits per heavy atom. The van der Waals surface area contributed by atoms with Gasteiger partial charge in [0.15, 0.2) is 0 Å². The number of aryl methyl sites for hydroxylation is 2. The van der Waals surface area contributed by atoms with Gasteiger partial charge in [0, 0.05) is 0 Å². The molecule has 0 amide bonds. The summed E-state index contributed by atoms with van der Waals surface area (Å²) in [7, 11) is 0. The second-order valence-electron chi connectivity index (χ2n) is 7.73. The van der Waals surface area contributed by atoms with Crippen molar-refractivity contribution < 1.29 is 0 Å². The predicted octanol–water partition coefficient (Wildman–Crippen LogP) is 6.16. The minimum atomic E-state index is -0.158. The largest absolute Gasteiger partial charge is 0.304 e. The van der Waals surface area contributed by atoms with Crippen LogP contribution in [0.1, 0.15) is 68.4 Å². The molecule has 0 aliphatic heterocycles. The fourth-order valence-electron chi connectivity index (χ4n) is 4.22. The second kappa shape index (κ2) is 8.67. The molecular formula is C24H35N. The van der Waals surface area contributed by atoms with Crippen molar-refractivity contribution in [3.8, 4) is 0 Å². The van der Waals surface area contributed by atoms with Gasteiger partial charge < -0.3 is 5.32 Å². The molecule has 0 saturated heterocycles. The van der Waals surface area contributed by atoms with Gasteiger partial charge in [-0.2, -0.15) is 0 Å². The average molecular weight is 338 g/mol. The van der Waals surface area contributed by atoms with Gasteiger partial charge in [0.05, 0.1) is 5.54 Å². The van der Waals surface area contributed by atoms with Crippen LogP contribution in [0.3, 0.4) is 0 Å². The SMILES string of the molecule is CCC[C@@H](C)Cc1ccccc1[C@](C)(NCC)c1ccc(C)cc1C. The third kappa shape index (κ3) is 4.52. The first-order chi connectivity index (χ1) is 11.9. The lowest BCUT2D eigenvalue weighted by Crippen LogP contribution is -2.42. The predicted molar refractivity (Wildman–Crippen MR) is 110 cm³/mol. The van der Waals surface area contributed by atoms with E-state index >= 15 is 0 Å². The molecule has 0 aliphatic carbocycles. The zero-order valence-electron chi connectivity index (χ0n) is 16.9. The molecule has 2 rings (SSSR count). The Hall–Kier alpha value is -1.60. The molecule has 0 spiro atoms.